The van der Waals surface area contributed by atoms with Gasteiger partial charge in [-0.3, -0.25) is 14.4 Å². The number of cyclic esters (lactones) is 1. The predicted octanol–water partition coefficient (Wildman–Crippen LogP) is 0.740. The van der Waals surface area contributed by atoms with E-state index in [1.54, 1.807) is 6.92 Å². The van der Waals surface area contributed by atoms with Gasteiger partial charge in [0.15, 0.2) is 11.2 Å². The second-order valence-corrected chi connectivity index (χ2v) is 5.74. The van der Waals surface area contributed by atoms with Gasteiger partial charge in [-0.1, -0.05) is 6.92 Å². The zero-order valence-corrected chi connectivity index (χ0v) is 12.4. The highest BCUT2D eigenvalue weighted by molar-refractivity contribution is 6.00. The summed E-state index contributed by atoms with van der Waals surface area (Å²) >= 11 is 0. The van der Waals surface area contributed by atoms with Gasteiger partial charge in [0.05, 0.1) is 0 Å². The van der Waals surface area contributed by atoms with Crippen molar-refractivity contribution in [1.29, 1.82) is 0 Å². The Hall–Kier alpha value is -1.92. The molecule has 116 valence electrons. The van der Waals surface area contributed by atoms with Crippen molar-refractivity contribution >= 4 is 23.7 Å². The van der Waals surface area contributed by atoms with E-state index in [1.165, 1.54) is 6.92 Å². The third-order valence-corrected chi connectivity index (χ3v) is 4.42. The number of hydrogen-bond donors (Lipinski definition) is 0. The summed E-state index contributed by atoms with van der Waals surface area (Å²) in [4.78, 5) is 47.5. The molecule has 0 aromatic rings. The summed E-state index contributed by atoms with van der Waals surface area (Å²) in [7, 11) is 0. The molecule has 2 aliphatic rings. The first-order valence-electron chi connectivity index (χ1n) is 6.77. The maximum Gasteiger partial charge on any atom is 0.355 e. The van der Waals surface area contributed by atoms with Gasteiger partial charge in [0, 0.05) is 26.2 Å². The zero-order valence-electron chi connectivity index (χ0n) is 12.4. The van der Waals surface area contributed by atoms with Gasteiger partial charge in [0.1, 0.15) is 0 Å². The summed E-state index contributed by atoms with van der Waals surface area (Å²) in [6.45, 7) is 5.48. The molecular formula is C14H18O7. The van der Waals surface area contributed by atoms with Crippen molar-refractivity contribution in [3.8, 4) is 0 Å². The highest BCUT2D eigenvalue weighted by Crippen LogP contribution is 2.55. The number of ketones is 1. The number of ether oxygens (including phenoxy) is 3. The summed E-state index contributed by atoms with van der Waals surface area (Å²) < 4.78 is 15.4. The van der Waals surface area contributed by atoms with Crippen LogP contribution in [0.15, 0.2) is 0 Å². The zero-order chi connectivity index (χ0) is 16.0. The molecule has 7 nitrogen and oxygen atoms in total. The molecule has 0 unspecified atom stereocenters. The van der Waals surface area contributed by atoms with Crippen molar-refractivity contribution in [2.45, 2.75) is 52.4 Å². The minimum atomic E-state index is -1.74. The van der Waals surface area contributed by atoms with Crippen LogP contribution < -0.4 is 0 Å². The van der Waals surface area contributed by atoms with E-state index < -0.39 is 41.1 Å². The van der Waals surface area contributed by atoms with E-state index in [0.29, 0.717) is 6.42 Å². The van der Waals surface area contributed by atoms with Gasteiger partial charge in [0.25, 0.3) is 6.29 Å². The third-order valence-electron chi connectivity index (χ3n) is 4.42. The molecule has 2 rings (SSSR count). The van der Waals surface area contributed by atoms with Gasteiger partial charge in [-0.2, -0.15) is 0 Å². The fourth-order valence-electron chi connectivity index (χ4n) is 3.32. The van der Waals surface area contributed by atoms with Crippen LogP contribution in [-0.2, 0) is 33.4 Å². The SMILES string of the molecule is CC(=O)O[C@@H]1OC(=O)[C@@]2(OC(C)=O)[C@@H](C)CCC(=O)[C@@]12C. The quantitative estimate of drug-likeness (QED) is 0.694. The number of fused-ring (bicyclic) bond motifs is 1. The molecule has 1 aliphatic carbocycles. The molecule has 2 fully saturated rings. The van der Waals surface area contributed by atoms with Gasteiger partial charge < -0.3 is 14.2 Å². The maximum atomic E-state index is 12.5. The first-order valence-corrected chi connectivity index (χ1v) is 6.77. The summed E-state index contributed by atoms with van der Waals surface area (Å²) in [6, 6.07) is 0. The van der Waals surface area contributed by atoms with Crippen molar-refractivity contribution < 1.29 is 33.4 Å². The van der Waals surface area contributed by atoms with Crippen LogP contribution in [0.3, 0.4) is 0 Å². The molecule has 1 saturated heterocycles. The van der Waals surface area contributed by atoms with E-state index in [2.05, 4.69) is 0 Å². The summed E-state index contributed by atoms with van der Waals surface area (Å²) in [6.07, 6.45) is -0.782. The molecule has 1 saturated carbocycles. The molecular weight excluding hydrogens is 280 g/mol. The Labute approximate surface area is 121 Å². The van der Waals surface area contributed by atoms with Crippen LogP contribution in [-0.4, -0.2) is 35.6 Å². The number of hydrogen-bond acceptors (Lipinski definition) is 7. The van der Waals surface area contributed by atoms with Crippen LogP contribution in [0.2, 0.25) is 0 Å². The van der Waals surface area contributed by atoms with Gasteiger partial charge >= 0.3 is 17.9 Å². The van der Waals surface area contributed by atoms with Crippen LogP contribution in [0, 0.1) is 11.3 Å². The molecule has 21 heavy (non-hydrogen) atoms. The Morgan fingerprint density at radius 3 is 2.38 bits per heavy atom. The van der Waals surface area contributed by atoms with Crippen LogP contribution in [0.1, 0.15) is 40.5 Å². The molecule has 0 spiro atoms. The van der Waals surface area contributed by atoms with Crippen LogP contribution in [0.25, 0.3) is 0 Å². The smallest absolute Gasteiger partial charge is 0.355 e. The number of carbonyl (C=O) groups excluding carboxylic acids is 4. The van der Waals surface area contributed by atoms with Crippen molar-refractivity contribution in [2.75, 3.05) is 0 Å². The number of esters is 3. The lowest BCUT2D eigenvalue weighted by Gasteiger charge is -2.45. The Bertz CT molecular complexity index is 525. The van der Waals surface area contributed by atoms with Crippen LogP contribution in [0.5, 0.6) is 0 Å². The van der Waals surface area contributed by atoms with Crippen molar-refractivity contribution in [3.63, 3.8) is 0 Å². The van der Waals surface area contributed by atoms with Gasteiger partial charge in [-0.25, -0.2) is 4.79 Å². The number of carbonyl (C=O) groups is 4. The topological polar surface area (TPSA) is 96.0 Å². The van der Waals surface area contributed by atoms with Crippen LogP contribution >= 0.6 is 0 Å². The molecule has 0 aromatic heterocycles. The second kappa shape index (κ2) is 4.82. The number of Topliss-reactive ketones (excluding diaryl/α,β-unsaturated/α-hetero) is 1. The average Bonchev–Trinajstić information content (AvgIpc) is 2.57. The van der Waals surface area contributed by atoms with E-state index in [0.717, 1.165) is 13.8 Å². The second-order valence-electron chi connectivity index (χ2n) is 5.74. The summed E-state index contributed by atoms with van der Waals surface area (Å²) in [5, 5.41) is 0. The lowest BCUT2D eigenvalue weighted by molar-refractivity contribution is -0.204. The Kier molecular flexibility index (Phi) is 3.55. The fraction of sp³-hybridized carbons (Fsp3) is 0.714. The normalized spacial score (nSPS) is 38.5. The standard InChI is InChI=1S/C14H18O7/c1-7-5-6-10(17)13(4)12(19-8(2)15)20-11(18)14(7,13)21-9(3)16/h7,12H,5-6H2,1-4H3/t7-,12+,13-,14-/m0/s1. The highest BCUT2D eigenvalue weighted by atomic mass is 16.7. The third kappa shape index (κ3) is 1.94. The van der Waals surface area contributed by atoms with Gasteiger partial charge in [0.2, 0.25) is 5.60 Å². The Morgan fingerprint density at radius 1 is 1.24 bits per heavy atom. The van der Waals surface area contributed by atoms with E-state index in [9.17, 15) is 19.2 Å². The molecule has 0 radical (unpaired) electrons. The van der Waals surface area contributed by atoms with E-state index in [4.69, 9.17) is 14.2 Å². The van der Waals surface area contributed by atoms with E-state index >= 15 is 0 Å². The average molecular weight is 298 g/mol. The first-order chi connectivity index (χ1) is 9.66. The molecule has 7 heteroatoms. The number of rotatable bonds is 2. The highest BCUT2D eigenvalue weighted by Gasteiger charge is 2.76. The monoisotopic (exact) mass is 298 g/mol. The lowest BCUT2D eigenvalue weighted by Crippen LogP contribution is -2.63. The Balaban J connectivity index is 2.58. The van der Waals surface area contributed by atoms with Crippen molar-refractivity contribution in [3.05, 3.63) is 0 Å². The Morgan fingerprint density at radius 2 is 1.86 bits per heavy atom. The molecule has 0 bridgehead atoms. The van der Waals surface area contributed by atoms with Gasteiger partial charge in [-0.15, -0.1) is 0 Å². The maximum absolute atomic E-state index is 12.5. The first kappa shape index (κ1) is 15.5. The minimum absolute atomic E-state index is 0.203. The molecule has 1 heterocycles. The summed E-state index contributed by atoms with van der Waals surface area (Å²) in [5.41, 5.74) is -3.27. The van der Waals surface area contributed by atoms with E-state index in [-0.39, 0.29) is 12.2 Å². The molecule has 4 atom stereocenters. The van der Waals surface area contributed by atoms with E-state index in [1.807, 2.05) is 0 Å². The largest absolute Gasteiger partial charge is 0.445 e. The molecule has 0 N–H and O–H groups in total. The predicted molar refractivity (Wildman–Crippen MR) is 67.7 cm³/mol. The van der Waals surface area contributed by atoms with Crippen molar-refractivity contribution in [2.24, 2.45) is 11.3 Å². The van der Waals surface area contributed by atoms with Crippen LogP contribution in [0.4, 0.5) is 0 Å². The fourth-order valence-corrected chi connectivity index (χ4v) is 3.32. The summed E-state index contributed by atoms with van der Waals surface area (Å²) in [5.74, 6) is -2.95. The van der Waals surface area contributed by atoms with Crippen molar-refractivity contribution in [1.82, 2.24) is 0 Å². The molecule has 0 amide bonds. The molecule has 0 aromatic carbocycles. The molecule has 1 aliphatic heterocycles. The van der Waals surface area contributed by atoms with Gasteiger partial charge in [-0.05, 0) is 13.3 Å². The minimum Gasteiger partial charge on any atom is -0.445 e. The lowest BCUT2D eigenvalue weighted by atomic mass is 9.59.